The fourth-order valence-corrected chi connectivity index (χ4v) is 2.40. The Morgan fingerprint density at radius 1 is 1.53 bits per heavy atom. The lowest BCUT2D eigenvalue weighted by Crippen LogP contribution is -2.41. The average Bonchev–Trinajstić information content (AvgIpc) is 2.31. The van der Waals surface area contributed by atoms with Crippen molar-refractivity contribution in [2.75, 3.05) is 11.9 Å². The second kappa shape index (κ2) is 5.00. The van der Waals surface area contributed by atoms with Gasteiger partial charge in [0.1, 0.15) is 0 Å². The minimum atomic E-state index is -0.214. The highest BCUT2D eigenvalue weighted by atomic mass is 16.3. The Labute approximate surface area is 102 Å². The lowest BCUT2D eigenvalue weighted by Gasteiger charge is -2.38. The highest BCUT2D eigenvalue weighted by molar-refractivity contribution is 5.25. The zero-order valence-corrected chi connectivity index (χ0v) is 10.6. The zero-order chi connectivity index (χ0) is 12.3. The normalized spacial score (nSPS) is 29.0. The van der Waals surface area contributed by atoms with Gasteiger partial charge in [0.2, 0.25) is 5.95 Å². The average molecular weight is 235 g/mol. The maximum absolute atomic E-state index is 10.1. The SMILES string of the molecule is Cc1ccnc(NCC2(C)CCCCC2O)n1. The first kappa shape index (κ1) is 12.3. The number of hydrogen-bond donors (Lipinski definition) is 2. The van der Waals surface area contributed by atoms with Crippen LogP contribution in [-0.4, -0.2) is 27.7 Å². The van der Waals surface area contributed by atoms with E-state index in [1.807, 2.05) is 13.0 Å². The van der Waals surface area contributed by atoms with Gasteiger partial charge >= 0.3 is 0 Å². The Morgan fingerprint density at radius 2 is 2.35 bits per heavy atom. The van der Waals surface area contributed by atoms with Crippen molar-refractivity contribution in [1.82, 2.24) is 9.97 Å². The van der Waals surface area contributed by atoms with E-state index >= 15 is 0 Å². The molecule has 1 aromatic heterocycles. The van der Waals surface area contributed by atoms with Crippen molar-refractivity contribution in [3.8, 4) is 0 Å². The second-order valence-corrected chi connectivity index (χ2v) is 5.29. The third-order valence-corrected chi connectivity index (χ3v) is 3.73. The van der Waals surface area contributed by atoms with Crippen LogP contribution >= 0.6 is 0 Å². The molecule has 0 saturated heterocycles. The number of aromatic nitrogens is 2. The summed E-state index contributed by atoms with van der Waals surface area (Å²) in [5.41, 5.74) is 0.905. The molecule has 4 heteroatoms. The van der Waals surface area contributed by atoms with Crippen LogP contribution in [0.25, 0.3) is 0 Å². The summed E-state index contributed by atoms with van der Waals surface area (Å²) in [7, 11) is 0. The Morgan fingerprint density at radius 3 is 3.06 bits per heavy atom. The van der Waals surface area contributed by atoms with E-state index in [2.05, 4.69) is 22.2 Å². The minimum absolute atomic E-state index is 0.0502. The number of aliphatic hydroxyl groups is 1. The third kappa shape index (κ3) is 2.94. The van der Waals surface area contributed by atoms with Gasteiger partial charge in [-0.15, -0.1) is 0 Å². The highest BCUT2D eigenvalue weighted by Gasteiger charge is 2.35. The quantitative estimate of drug-likeness (QED) is 0.842. The topological polar surface area (TPSA) is 58.0 Å². The Bertz CT molecular complexity index is 383. The van der Waals surface area contributed by atoms with Gasteiger partial charge in [0.15, 0.2) is 0 Å². The third-order valence-electron chi connectivity index (χ3n) is 3.73. The van der Waals surface area contributed by atoms with Gasteiger partial charge in [0.05, 0.1) is 6.10 Å². The van der Waals surface area contributed by atoms with E-state index in [0.717, 1.165) is 31.5 Å². The molecule has 4 nitrogen and oxygen atoms in total. The Balaban J connectivity index is 1.97. The number of aliphatic hydroxyl groups excluding tert-OH is 1. The van der Waals surface area contributed by atoms with E-state index in [0.29, 0.717) is 5.95 Å². The van der Waals surface area contributed by atoms with Gasteiger partial charge in [-0.25, -0.2) is 9.97 Å². The lowest BCUT2D eigenvalue weighted by atomic mass is 9.73. The van der Waals surface area contributed by atoms with Gasteiger partial charge in [0.25, 0.3) is 0 Å². The van der Waals surface area contributed by atoms with Crippen molar-refractivity contribution >= 4 is 5.95 Å². The predicted molar refractivity (Wildman–Crippen MR) is 67.8 cm³/mol. The fourth-order valence-electron chi connectivity index (χ4n) is 2.40. The first-order valence-electron chi connectivity index (χ1n) is 6.32. The van der Waals surface area contributed by atoms with Gasteiger partial charge in [-0.1, -0.05) is 19.8 Å². The number of aryl methyl sites for hydroxylation is 1. The monoisotopic (exact) mass is 235 g/mol. The zero-order valence-electron chi connectivity index (χ0n) is 10.6. The Kier molecular flexibility index (Phi) is 3.62. The molecule has 1 aliphatic rings. The van der Waals surface area contributed by atoms with Crippen molar-refractivity contribution in [2.45, 2.75) is 45.6 Å². The van der Waals surface area contributed by atoms with E-state index in [9.17, 15) is 5.11 Å². The summed E-state index contributed by atoms with van der Waals surface area (Å²) >= 11 is 0. The van der Waals surface area contributed by atoms with Crippen molar-refractivity contribution in [3.63, 3.8) is 0 Å². The molecule has 2 rings (SSSR count). The summed E-state index contributed by atoms with van der Waals surface area (Å²) in [6.07, 6.45) is 5.85. The highest BCUT2D eigenvalue weighted by Crippen LogP contribution is 2.35. The van der Waals surface area contributed by atoms with Gasteiger partial charge in [-0.3, -0.25) is 0 Å². The molecule has 94 valence electrons. The lowest BCUT2D eigenvalue weighted by molar-refractivity contribution is 0.00953. The van der Waals surface area contributed by atoms with Crippen LogP contribution < -0.4 is 5.32 Å². The molecule has 0 aliphatic heterocycles. The van der Waals surface area contributed by atoms with Crippen LogP contribution in [0.5, 0.6) is 0 Å². The molecule has 1 saturated carbocycles. The van der Waals surface area contributed by atoms with E-state index in [4.69, 9.17) is 0 Å². The minimum Gasteiger partial charge on any atom is -0.392 e. The second-order valence-electron chi connectivity index (χ2n) is 5.29. The van der Waals surface area contributed by atoms with Gasteiger partial charge in [-0.05, 0) is 25.8 Å². The first-order chi connectivity index (χ1) is 8.10. The van der Waals surface area contributed by atoms with Crippen LogP contribution in [0.4, 0.5) is 5.95 Å². The van der Waals surface area contributed by atoms with E-state index < -0.39 is 0 Å². The molecule has 2 N–H and O–H groups in total. The van der Waals surface area contributed by atoms with Crippen molar-refractivity contribution < 1.29 is 5.11 Å². The molecule has 0 amide bonds. The number of nitrogens with zero attached hydrogens (tertiary/aromatic N) is 2. The number of anilines is 1. The molecular weight excluding hydrogens is 214 g/mol. The number of rotatable bonds is 3. The fraction of sp³-hybridized carbons (Fsp3) is 0.692. The molecular formula is C13H21N3O. The molecule has 1 aromatic rings. The standard InChI is InChI=1S/C13H21N3O/c1-10-6-8-14-12(16-10)15-9-13(2)7-4-3-5-11(13)17/h6,8,11,17H,3-5,7,9H2,1-2H3,(H,14,15,16). The smallest absolute Gasteiger partial charge is 0.222 e. The van der Waals surface area contributed by atoms with Gasteiger partial charge in [-0.2, -0.15) is 0 Å². The largest absolute Gasteiger partial charge is 0.392 e. The van der Waals surface area contributed by atoms with Crippen LogP contribution in [0.15, 0.2) is 12.3 Å². The predicted octanol–water partition coefficient (Wildman–Crippen LogP) is 2.14. The van der Waals surface area contributed by atoms with Gasteiger partial charge in [0, 0.05) is 23.9 Å². The van der Waals surface area contributed by atoms with Crippen LogP contribution in [0.3, 0.4) is 0 Å². The summed E-state index contributed by atoms with van der Waals surface area (Å²) in [6.45, 7) is 4.82. The van der Waals surface area contributed by atoms with Crippen molar-refractivity contribution in [3.05, 3.63) is 18.0 Å². The molecule has 0 spiro atoms. The summed E-state index contributed by atoms with van der Waals surface area (Å²) in [6, 6.07) is 1.88. The summed E-state index contributed by atoms with van der Waals surface area (Å²) < 4.78 is 0. The van der Waals surface area contributed by atoms with Crippen LogP contribution in [-0.2, 0) is 0 Å². The molecule has 1 heterocycles. The molecule has 2 unspecified atom stereocenters. The van der Waals surface area contributed by atoms with Crippen molar-refractivity contribution in [2.24, 2.45) is 5.41 Å². The molecule has 0 radical (unpaired) electrons. The summed E-state index contributed by atoms with van der Waals surface area (Å²) in [5, 5.41) is 13.3. The molecule has 1 fully saturated rings. The summed E-state index contributed by atoms with van der Waals surface area (Å²) in [5.74, 6) is 0.656. The number of hydrogen-bond acceptors (Lipinski definition) is 4. The van der Waals surface area contributed by atoms with Crippen molar-refractivity contribution in [1.29, 1.82) is 0 Å². The molecule has 0 aromatic carbocycles. The van der Waals surface area contributed by atoms with Crippen LogP contribution in [0.2, 0.25) is 0 Å². The number of nitrogens with one attached hydrogen (secondary N) is 1. The summed E-state index contributed by atoms with van der Waals surface area (Å²) in [4.78, 5) is 8.49. The maximum Gasteiger partial charge on any atom is 0.222 e. The molecule has 1 aliphatic carbocycles. The van der Waals surface area contributed by atoms with E-state index in [1.54, 1.807) is 6.20 Å². The molecule has 2 atom stereocenters. The van der Waals surface area contributed by atoms with E-state index in [-0.39, 0.29) is 11.5 Å². The Hall–Kier alpha value is -1.16. The van der Waals surface area contributed by atoms with Gasteiger partial charge < -0.3 is 10.4 Å². The van der Waals surface area contributed by atoms with Crippen LogP contribution in [0, 0.1) is 12.3 Å². The van der Waals surface area contributed by atoms with Crippen LogP contribution in [0.1, 0.15) is 38.3 Å². The molecule has 17 heavy (non-hydrogen) atoms. The maximum atomic E-state index is 10.1. The first-order valence-corrected chi connectivity index (χ1v) is 6.32. The van der Waals surface area contributed by atoms with E-state index in [1.165, 1.54) is 6.42 Å². The molecule has 0 bridgehead atoms.